The van der Waals surface area contributed by atoms with Crippen LogP contribution in [-0.2, 0) is 9.53 Å². The first-order valence-electron chi connectivity index (χ1n) is 13.9. The number of nitrogens with zero attached hydrogens (tertiary/aromatic N) is 3. The molecule has 1 aromatic rings. The number of nitrogens with one attached hydrogen (secondary N) is 2. The lowest BCUT2D eigenvalue weighted by Gasteiger charge is -2.33. The third-order valence-corrected chi connectivity index (χ3v) is 6.58. The molecule has 0 aliphatic carbocycles. The van der Waals surface area contributed by atoms with Crippen LogP contribution in [0.25, 0.3) is 0 Å². The van der Waals surface area contributed by atoms with Gasteiger partial charge in [0.25, 0.3) is 0 Å². The molecule has 2 rings (SSSR count). The molecule has 2 N–H and O–H groups in total. The third kappa shape index (κ3) is 10.0. The van der Waals surface area contributed by atoms with Gasteiger partial charge in [-0.3, -0.25) is 9.79 Å². The van der Waals surface area contributed by atoms with Crippen molar-refractivity contribution >= 4 is 12.1 Å². The second kappa shape index (κ2) is 18.0. The van der Waals surface area contributed by atoms with E-state index in [2.05, 4.69) is 34.2 Å². The van der Waals surface area contributed by atoms with Crippen LogP contribution in [0.4, 0.5) is 0 Å². The van der Waals surface area contributed by atoms with Crippen molar-refractivity contribution in [2.45, 2.75) is 46.1 Å². The first-order chi connectivity index (χ1) is 19.0. The number of aldehydes is 1. The number of allylic oxidation sites excluding steroid dienone is 6. The van der Waals surface area contributed by atoms with Crippen molar-refractivity contribution < 1.29 is 9.53 Å². The van der Waals surface area contributed by atoms with Crippen LogP contribution in [0.3, 0.4) is 0 Å². The zero-order valence-electron chi connectivity index (χ0n) is 24.5. The number of likely N-dealkylation sites (tertiary alicyclic amines) is 1. The summed E-state index contributed by atoms with van der Waals surface area (Å²) in [6.45, 7) is 14.3. The zero-order chi connectivity index (χ0) is 28.5. The van der Waals surface area contributed by atoms with Crippen LogP contribution in [0.1, 0.15) is 51.7 Å². The van der Waals surface area contributed by atoms with E-state index in [1.165, 1.54) is 25.3 Å². The van der Waals surface area contributed by atoms with Gasteiger partial charge in [0.2, 0.25) is 0 Å². The Morgan fingerprint density at radius 1 is 1.21 bits per heavy atom. The Labute approximate surface area is 235 Å². The van der Waals surface area contributed by atoms with E-state index >= 15 is 0 Å². The van der Waals surface area contributed by atoms with Gasteiger partial charge in [-0.25, -0.2) is 0 Å². The smallest absolute Gasteiger partial charge is 0.144 e. The first kappa shape index (κ1) is 31.8. The van der Waals surface area contributed by atoms with Crippen LogP contribution in [0, 0.1) is 0 Å². The van der Waals surface area contributed by atoms with E-state index in [0.29, 0.717) is 12.3 Å². The zero-order valence-corrected chi connectivity index (χ0v) is 24.5. The molecule has 212 valence electrons. The quantitative estimate of drug-likeness (QED) is 0.104. The van der Waals surface area contributed by atoms with Crippen molar-refractivity contribution in [2.24, 2.45) is 4.99 Å². The van der Waals surface area contributed by atoms with Crippen molar-refractivity contribution in [3.63, 3.8) is 0 Å². The lowest BCUT2D eigenvalue weighted by atomic mass is 9.99. The Morgan fingerprint density at radius 2 is 1.92 bits per heavy atom. The maximum atomic E-state index is 11.4. The Kier molecular flexibility index (Phi) is 14.7. The van der Waals surface area contributed by atoms with E-state index in [1.807, 2.05) is 69.1 Å². The molecule has 7 heteroatoms. The molecule has 0 aromatic heterocycles. The highest BCUT2D eigenvalue weighted by Gasteiger charge is 2.28. The van der Waals surface area contributed by atoms with Gasteiger partial charge < -0.3 is 25.2 Å². The van der Waals surface area contributed by atoms with Gasteiger partial charge in [0.05, 0.1) is 5.57 Å². The number of carbonyl (C=O) groups is 1. The van der Waals surface area contributed by atoms with Crippen molar-refractivity contribution in [1.82, 2.24) is 20.4 Å². The number of ether oxygens (including phenoxy) is 1. The Morgan fingerprint density at radius 3 is 2.51 bits per heavy atom. The number of likely N-dealkylation sites (N-methyl/N-ethyl adjacent to an activating group) is 1. The highest BCUT2D eigenvalue weighted by molar-refractivity contribution is 6.00. The van der Waals surface area contributed by atoms with Crippen LogP contribution in [0.15, 0.2) is 95.1 Å². The van der Waals surface area contributed by atoms with Gasteiger partial charge in [-0.1, -0.05) is 55.5 Å². The van der Waals surface area contributed by atoms with Gasteiger partial charge in [0.1, 0.15) is 24.0 Å². The fourth-order valence-electron chi connectivity index (χ4n) is 4.67. The average molecular weight is 534 g/mol. The normalized spacial score (nSPS) is 17.0. The van der Waals surface area contributed by atoms with Gasteiger partial charge in [-0.05, 0) is 70.5 Å². The average Bonchev–Trinajstić information content (AvgIpc) is 2.96. The van der Waals surface area contributed by atoms with Crippen LogP contribution >= 0.6 is 0 Å². The molecule has 39 heavy (non-hydrogen) atoms. The number of aliphatic imine (C=N–C) groups is 1. The van der Waals surface area contributed by atoms with Gasteiger partial charge >= 0.3 is 0 Å². The number of piperidine rings is 1. The Hall–Kier alpha value is -3.42. The molecule has 1 aliphatic heterocycles. The number of rotatable bonds is 15. The molecular weight excluding hydrogens is 486 g/mol. The second-order valence-corrected chi connectivity index (χ2v) is 9.41. The van der Waals surface area contributed by atoms with Crippen LogP contribution in [0.5, 0.6) is 0 Å². The second-order valence-electron chi connectivity index (χ2n) is 9.41. The van der Waals surface area contributed by atoms with E-state index in [4.69, 9.17) is 9.73 Å². The molecule has 1 saturated heterocycles. The summed E-state index contributed by atoms with van der Waals surface area (Å²) < 4.78 is 6.44. The largest absolute Gasteiger partial charge is 0.369 e. The highest BCUT2D eigenvalue weighted by Crippen LogP contribution is 2.31. The van der Waals surface area contributed by atoms with Crippen molar-refractivity contribution in [2.75, 3.05) is 46.9 Å². The lowest BCUT2D eigenvalue weighted by molar-refractivity contribution is -0.104. The fraction of sp³-hybridized carbons (Fsp3) is 0.438. The van der Waals surface area contributed by atoms with E-state index < -0.39 is 6.10 Å². The van der Waals surface area contributed by atoms with Crippen LogP contribution in [-0.4, -0.2) is 68.8 Å². The summed E-state index contributed by atoms with van der Waals surface area (Å²) in [6.07, 6.45) is 13.4. The van der Waals surface area contributed by atoms with Crippen LogP contribution in [0.2, 0.25) is 0 Å². The topological polar surface area (TPSA) is 69.2 Å². The number of amidine groups is 1. The molecule has 1 fully saturated rings. The number of hydrogen-bond donors (Lipinski definition) is 2. The molecule has 0 bridgehead atoms. The highest BCUT2D eigenvalue weighted by atomic mass is 16.5. The molecule has 1 unspecified atom stereocenters. The molecule has 0 radical (unpaired) electrons. The summed E-state index contributed by atoms with van der Waals surface area (Å²) in [7, 11) is 3.79. The molecule has 1 aliphatic rings. The first-order valence-corrected chi connectivity index (χ1v) is 13.9. The standard InChI is InChI=1S/C32H47N5O2/c1-7-16-28(17-8-2)36(6)32(35-26(4)20-25-38)29(30(39-9-3)27-18-12-10-13-19-27)31(33-5)34-21-24-37-22-14-11-15-23-37/h7-8,10,12-13,16-20,25,30,35H,1,9,11,14-15,21-24H2,2-6H3,(H,33,34)/b17-8-,26-20+,28-16+,32-29-. The number of carbonyl (C=O) groups excluding carboxylic acids is 1. The van der Waals surface area contributed by atoms with E-state index in [1.54, 1.807) is 13.1 Å². The maximum absolute atomic E-state index is 11.4. The Balaban J connectivity index is 2.71. The van der Waals surface area contributed by atoms with Gasteiger partial charge in [-0.15, -0.1) is 0 Å². The van der Waals surface area contributed by atoms with Crippen molar-refractivity contribution in [3.8, 4) is 0 Å². The predicted octanol–water partition coefficient (Wildman–Crippen LogP) is 5.35. The summed E-state index contributed by atoms with van der Waals surface area (Å²) in [6, 6.07) is 10.2. The minimum Gasteiger partial charge on any atom is -0.369 e. The molecule has 1 heterocycles. The van der Waals surface area contributed by atoms with E-state index in [0.717, 1.165) is 61.0 Å². The summed E-state index contributed by atoms with van der Waals surface area (Å²) in [5.41, 5.74) is 3.48. The molecule has 1 aromatic carbocycles. The van der Waals surface area contributed by atoms with Gasteiger partial charge in [0, 0.05) is 45.2 Å². The predicted molar refractivity (Wildman–Crippen MR) is 163 cm³/mol. The van der Waals surface area contributed by atoms with E-state index in [9.17, 15) is 4.79 Å². The third-order valence-electron chi connectivity index (χ3n) is 6.58. The maximum Gasteiger partial charge on any atom is 0.144 e. The number of benzene rings is 1. The summed E-state index contributed by atoms with van der Waals surface area (Å²) in [5.74, 6) is 1.49. The molecule has 7 nitrogen and oxygen atoms in total. The van der Waals surface area contributed by atoms with Crippen molar-refractivity contribution in [3.05, 3.63) is 95.6 Å². The number of hydrogen-bond acceptors (Lipinski definition) is 6. The minimum atomic E-state index is -0.415. The van der Waals surface area contributed by atoms with Gasteiger partial charge in [0.15, 0.2) is 0 Å². The van der Waals surface area contributed by atoms with Gasteiger partial charge in [-0.2, -0.15) is 0 Å². The van der Waals surface area contributed by atoms with E-state index in [-0.39, 0.29) is 0 Å². The molecule has 0 saturated carbocycles. The molecule has 1 atom stereocenters. The monoisotopic (exact) mass is 533 g/mol. The minimum absolute atomic E-state index is 0.415. The fourth-order valence-corrected chi connectivity index (χ4v) is 4.67. The summed E-state index contributed by atoms with van der Waals surface area (Å²) >= 11 is 0. The van der Waals surface area contributed by atoms with Crippen LogP contribution < -0.4 is 10.6 Å². The Bertz CT molecular complexity index is 1050. The SMILES string of the molecule is C=C/C=C(\C=C/C)N(C)/C(N/C(C)=C/C=O)=C(\C(=NC)NCCN1CCCCC1)C(OCC)c1ccccc1. The van der Waals surface area contributed by atoms with Crippen molar-refractivity contribution in [1.29, 1.82) is 0 Å². The lowest BCUT2D eigenvalue weighted by Crippen LogP contribution is -2.41. The summed E-state index contributed by atoms with van der Waals surface area (Å²) in [4.78, 5) is 20.7. The molecular formula is C32H47N5O2. The molecule has 0 spiro atoms. The summed E-state index contributed by atoms with van der Waals surface area (Å²) in [5, 5.41) is 7.12. The molecule has 0 amide bonds.